The van der Waals surface area contributed by atoms with Crippen molar-refractivity contribution in [3.63, 3.8) is 0 Å². The Kier molecular flexibility index (Phi) is 6.44. The predicted molar refractivity (Wildman–Crippen MR) is 107 cm³/mol. The van der Waals surface area contributed by atoms with E-state index in [-0.39, 0.29) is 5.69 Å². The summed E-state index contributed by atoms with van der Waals surface area (Å²) >= 11 is 0. The van der Waals surface area contributed by atoms with Crippen molar-refractivity contribution in [2.75, 3.05) is 12.5 Å². The molecule has 2 aromatic heterocycles. The number of nitrogens with one attached hydrogen (secondary N) is 2. The first-order valence-electron chi connectivity index (χ1n) is 8.98. The van der Waals surface area contributed by atoms with Gasteiger partial charge in [0.1, 0.15) is 17.3 Å². The molecule has 1 aromatic carbocycles. The van der Waals surface area contributed by atoms with Crippen molar-refractivity contribution >= 4 is 18.1 Å². The van der Waals surface area contributed by atoms with E-state index in [0.29, 0.717) is 11.8 Å². The molecule has 31 heavy (non-hydrogen) atoms. The molecule has 0 saturated carbocycles. The van der Waals surface area contributed by atoms with Gasteiger partial charge in [-0.2, -0.15) is 19.0 Å². The van der Waals surface area contributed by atoms with Crippen LogP contribution in [0.4, 0.5) is 23.2 Å². The zero-order chi connectivity index (χ0) is 22.5. The van der Waals surface area contributed by atoms with Gasteiger partial charge in [-0.25, -0.2) is 8.78 Å². The van der Waals surface area contributed by atoms with Crippen LogP contribution in [0.15, 0.2) is 58.9 Å². The molecule has 0 aliphatic heterocycles. The Morgan fingerprint density at radius 1 is 1.16 bits per heavy atom. The number of halogens is 4. The second-order valence-electron chi connectivity index (χ2n) is 6.53. The number of alkyl halides is 2. The maximum Gasteiger partial charge on any atom is 0.322 e. The number of rotatable bonds is 8. The minimum atomic E-state index is -4.07. The maximum atomic E-state index is 15.6. The van der Waals surface area contributed by atoms with Gasteiger partial charge in [-0.1, -0.05) is 6.07 Å². The summed E-state index contributed by atoms with van der Waals surface area (Å²) in [7, 11) is 1.55. The van der Waals surface area contributed by atoms with Crippen molar-refractivity contribution in [3.8, 4) is 0 Å². The molecule has 0 bridgehead atoms. The van der Waals surface area contributed by atoms with Gasteiger partial charge in [0.15, 0.2) is 5.60 Å². The fraction of sp³-hybridized carbons (Fsp3) is 0.200. The van der Waals surface area contributed by atoms with Crippen LogP contribution in [0.25, 0.3) is 0 Å². The van der Waals surface area contributed by atoms with E-state index in [1.165, 1.54) is 30.8 Å². The van der Waals surface area contributed by atoms with E-state index in [1.807, 2.05) is 0 Å². The number of aromatic amines is 1. The molecule has 162 valence electrons. The van der Waals surface area contributed by atoms with Crippen LogP contribution in [-0.2, 0) is 17.9 Å². The number of benzene rings is 1. The average Bonchev–Trinajstić information content (AvgIpc) is 3.24. The molecule has 0 saturated heterocycles. The SMILES string of the molecule is C/N=C\C=N/Nc1ccc(C(F)(F)C(O)(Cc2cc[nH]n2)c2ccc(F)cc2F)nc1. The third-order valence-electron chi connectivity index (χ3n) is 4.46. The van der Waals surface area contributed by atoms with E-state index in [1.54, 1.807) is 7.05 Å². The summed E-state index contributed by atoms with van der Waals surface area (Å²) in [5.41, 5.74) is -1.78. The van der Waals surface area contributed by atoms with Gasteiger partial charge in [0.2, 0.25) is 0 Å². The highest BCUT2D eigenvalue weighted by molar-refractivity contribution is 6.16. The van der Waals surface area contributed by atoms with Crippen LogP contribution in [0.5, 0.6) is 0 Å². The molecular weight excluding hydrogens is 416 g/mol. The van der Waals surface area contributed by atoms with Gasteiger partial charge in [-0.05, 0) is 24.3 Å². The Morgan fingerprint density at radius 2 is 1.97 bits per heavy atom. The van der Waals surface area contributed by atoms with Crippen molar-refractivity contribution in [1.29, 1.82) is 0 Å². The fourth-order valence-corrected chi connectivity index (χ4v) is 2.92. The number of anilines is 1. The van der Waals surface area contributed by atoms with Crippen molar-refractivity contribution < 1.29 is 22.7 Å². The van der Waals surface area contributed by atoms with Gasteiger partial charge in [-0.15, -0.1) is 0 Å². The number of pyridine rings is 1. The Bertz CT molecular complexity index is 1070. The molecule has 3 rings (SSSR count). The third kappa shape index (κ3) is 4.61. The van der Waals surface area contributed by atoms with Crippen LogP contribution < -0.4 is 5.43 Å². The molecule has 1 unspecified atom stereocenters. The summed E-state index contributed by atoms with van der Waals surface area (Å²) in [4.78, 5) is 7.41. The highest BCUT2D eigenvalue weighted by Crippen LogP contribution is 2.47. The minimum Gasteiger partial charge on any atom is -0.378 e. The van der Waals surface area contributed by atoms with Crippen molar-refractivity contribution in [1.82, 2.24) is 15.2 Å². The van der Waals surface area contributed by atoms with Crippen molar-refractivity contribution in [2.24, 2.45) is 10.1 Å². The standard InChI is InChI=1S/C20H18F4N6O/c1-25-8-9-28-30-15-3-5-18(26-12-15)20(23,24)19(31,11-14-6-7-27-29-14)16-4-2-13(21)10-17(16)22/h2-10,12,30-31H,11H2,1H3,(H,27,29)/b25-8-,28-9-. The molecule has 3 N–H and O–H groups in total. The number of hydrazone groups is 1. The molecule has 1 atom stereocenters. The topological polar surface area (TPSA) is 98.6 Å². The molecule has 0 amide bonds. The Balaban J connectivity index is 2.01. The highest BCUT2D eigenvalue weighted by Gasteiger charge is 2.57. The van der Waals surface area contributed by atoms with Crippen LogP contribution in [0, 0.1) is 11.6 Å². The maximum absolute atomic E-state index is 15.6. The molecule has 0 aliphatic rings. The van der Waals surface area contributed by atoms with Gasteiger partial charge in [0.25, 0.3) is 0 Å². The number of H-pyrrole nitrogens is 1. The van der Waals surface area contributed by atoms with E-state index < -0.39 is 40.8 Å². The molecule has 0 aliphatic carbocycles. The molecule has 0 radical (unpaired) electrons. The van der Waals surface area contributed by atoms with Gasteiger partial charge >= 0.3 is 5.92 Å². The van der Waals surface area contributed by atoms with E-state index in [4.69, 9.17) is 0 Å². The number of aliphatic imine (C=N–C) groups is 1. The van der Waals surface area contributed by atoms with Crippen LogP contribution in [0.3, 0.4) is 0 Å². The number of hydrogen-bond acceptors (Lipinski definition) is 6. The minimum absolute atomic E-state index is 0.0520. The highest BCUT2D eigenvalue weighted by atomic mass is 19.3. The first-order valence-corrected chi connectivity index (χ1v) is 8.98. The van der Waals surface area contributed by atoms with Gasteiger partial charge < -0.3 is 5.11 Å². The first kappa shape index (κ1) is 22.1. The second kappa shape index (κ2) is 9.04. The largest absolute Gasteiger partial charge is 0.378 e. The molecular formula is C20H18F4N6O. The summed E-state index contributed by atoms with van der Waals surface area (Å²) in [6.45, 7) is 0. The first-order chi connectivity index (χ1) is 14.8. The normalized spacial score (nSPS) is 14.3. The van der Waals surface area contributed by atoms with Crippen molar-refractivity contribution in [2.45, 2.75) is 17.9 Å². The number of aromatic nitrogens is 3. The summed E-state index contributed by atoms with van der Waals surface area (Å²) < 4.78 is 59.0. The summed E-state index contributed by atoms with van der Waals surface area (Å²) in [5, 5.41) is 21.1. The number of aliphatic hydroxyl groups is 1. The zero-order valence-corrected chi connectivity index (χ0v) is 16.2. The summed E-state index contributed by atoms with van der Waals surface area (Å²) in [6.07, 6.45) is 4.46. The molecule has 2 heterocycles. The lowest BCUT2D eigenvalue weighted by molar-refractivity contribution is -0.199. The van der Waals surface area contributed by atoms with E-state index in [0.717, 1.165) is 24.4 Å². The second-order valence-corrected chi connectivity index (χ2v) is 6.53. The molecule has 0 fully saturated rings. The van der Waals surface area contributed by atoms with Crippen LogP contribution >= 0.6 is 0 Å². The monoisotopic (exact) mass is 434 g/mol. The lowest BCUT2D eigenvalue weighted by Crippen LogP contribution is -2.46. The average molecular weight is 434 g/mol. The fourth-order valence-electron chi connectivity index (χ4n) is 2.92. The predicted octanol–water partition coefficient (Wildman–Crippen LogP) is 3.40. The van der Waals surface area contributed by atoms with Gasteiger partial charge in [0.05, 0.1) is 23.8 Å². The third-order valence-corrected chi connectivity index (χ3v) is 4.46. The Morgan fingerprint density at radius 3 is 2.58 bits per heavy atom. The van der Waals surface area contributed by atoms with Crippen molar-refractivity contribution in [3.05, 3.63) is 77.4 Å². The van der Waals surface area contributed by atoms with Gasteiger partial charge in [-0.3, -0.25) is 20.5 Å². The van der Waals surface area contributed by atoms with Gasteiger partial charge in [0, 0.05) is 37.5 Å². The van der Waals surface area contributed by atoms with E-state index in [9.17, 15) is 13.9 Å². The van der Waals surface area contributed by atoms with E-state index in [2.05, 4.69) is 30.7 Å². The van der Waals surface area contributed by atoms with Crippen LogP contribution in [-0.4, -0.2) is 39.8 Å². The number of nitrogens with zero attached hydrogens (tertiary/aromatic N) is 4. The van der Waals surface area contributed by atoms with Crippen LogP contribution in [0.1, 0.15) is 17.0 Å². The lowest BCUT2D eigenvalue weighted by atomic mass is 9.81. The Hall–Kier alpha value is -3.60. The van der Waals surface area contributed by atoms with E-state index >= 15 is 8.78 Å². The quantitative estimate of drug-likeness (QED) is 0.288. The molecule has 0 spiro atoms. The summed E-state index contributed by atoms with van der Waals surface area (Å²) in [6, 6.07) is 5.61. The molecule has 11 heteroatoms. The lowest BCUT2D eigenvalue weighted by Gasteiger charge is -2.35. The summed E-state index contributed by atoms with van der Waals surface area (Å²) in [5.74, 6) is -6.35. The number of hydrogen-bond donors (Lipinski definition) is 3. The smallest absolute Gasteiger partial charge is 0.322 e. The van der Waals surface area contributed by atoms with Crippen LogP contribution in [0.2, 0.25) is 0 Å². The molecule has 3 aromatic rings. The Labute approximate surface area is 174 Å². The zero-order valence-electron chi connectivity index (χ0n) is 16.2. The molecule has 7 nitrogen and oxygen atoms in total.